The molecule has 0 fully saturated rings. The van der Waals surface area contributed by atoms with Crippen molar-refractivity contribution < 1.29 is 47.5 Å². The maximum atomic E-state index is 13.1. The third-order valence-corrected chi connectivity index (χ3v) is 9.07. The van der Waals surface area contributed by atoms with Gasteiger partial charge in [-0.15, -0.1) is 0 Å². The van der Waals surface area contributed by atoms with Gasteiger partial charge < -0.3 is 43.8 Å². The highest BCUT2D eigenvalue weighted by Crippen LogP contribution is 2.30. The largest absolute Gasteiger partial charge is 0.491 e. The summed E-state index contributed by atoms with van der Waals surface area (Å²) in [6, 6.07) is 15.7. The van der Waals surface area contributed by atoms with E-state index in [9.17, 15) is 14.4 Å². The van der Waals surface area contributed by atoms with Gasteiger partial charge in [0.05, 0.1) is 63.0 Å². The van der Waals surface area contributed by atoms with Gasteiger partial charge in [0.2, 0.25) is 5.91 Å². The third-order valence-electron chi connectivity index (χ3n) is 8.49. The normalized spacial score (nSPS) is 13.1. The van der Waals surface area contributed by atoms with Crippen LogP contribution in [0.1, 0.15) is 49.5 Å². The first kappa shape index (κ1) is 43.3. The van der Waals surface area contributed by atoms with Crippen LogP contribution in [-0.4, -0.2) is 115 Å². The molecule has 2 amide bonds. The molecule has 2 aromatic heterocycles. The average Bonchev–Trinajstić information content (AvgIpc) is 3.73. The molecule has 3 heterocycles. The van der Waals surface area contributed by atoms with E-state index in [4.69, 9.17) is 38.9 Å². The zero-order valence-electron chi connectivity index (χ0n) is 32.5. The maximum Gasteiger partial charge on any atom is 0.306 e. The highest BCUT2D eigenvalue weighted by atomic mass is 79.9. The number of hydrogen-bond donors (Lipinski definition) is 1. The van der Waals surface area contributed by atoms with Crippen LogP contribution in [0, 0.1) is 0 Å². The summed E-state index contributed by atoms with van der Waals surface area (Å²) < 4.78 is 42.0. The van der Waals surface area contributed by atoms with Crippen molar-refractivity contribution in [2.45, 2.75) is 51.8 Å². The van der Waals surface area contributed by atoms with Crippen molar-refractivity contribution in [1.82, 2.24) is 19.7 Å². The van der Waals surface area contributed by atoms with Crippen molar-refractivity contribution in [3.05, 3.63) is 88.8 Å². The van der Waals surface area contributed by atoms with Gasteiger partial charge in [-0.25, -0.2) is 4.68 Å². The number of esters is 1. The fourth-order valence-corrected chi connectivity index (χ4v) is 6.35. The predicted octanol–water partition coefficient (Wildman–Crippen LogP) is 5.15. The van der Waals surface area contributed by atoms with E-state index >= 15 is 0 Å². The van der Waals surface area contributed by atoms with E-state index in [0.29, 0.717) is 82.9 Å². The molecule has 0 bridgehead atoms. The summed E-state index contributed by atoms with van der Waals surface area (Å²) in [4.78, 5) is 42.9. The molecule has 1 unspecified atom stereocenters. The second-order valence-electron chi connectivity index (χ2n) is 13.9. The molecule has 57 heavy (non-hydrogen) atoms. The van der Waals surface area contributed by atoms with E-state index in [0.717, 1.165) is 27.2 Å². The van der Waals surface area contributed by atoms with Crippen LogP contribution in [-0.2, 0) is 39.8 Å². The number of halogens is 1. The Bertz CT molecular complexity index is 1900. The smallest absolute Gasteiger partial charge is 0.306 e. The van der Waals surface area contributed by atoms with Crippen molar-refractivity contribution in [3.63, 3.8) is 0 Å². The summed E-state index contributed by atoms with van der Waals surface area (Å²) in [6.07, 6.45) is 5.45. The predicted molar refractivity (Wildman–Crippen MR) is 213 cm³/mol. The molecule has 1 aliphatic rings. The van der Waals surface area contributed by atoms with Crippen LogP contribution in [0.3, 0.4) is 0 Å². The molecule has 16 heteroatoms. The standard InChI is InChI=1S/C41H50BrN5O10/c1-41(2,3)57-37(48)11-10-36(39(43)49)46-27-30-26-33(8-9-34(30)40(46)50)56-25-23-54-21-19-52-17-16-51-18-20-53-22-24-55-32-6-4-31(5-7-32)47-28-35(42)38(45-47)29-12-14-44-15-13-29/h4-9,12-15,26,28,36H,10-11,16-25,27H2,1-3H3,(H2,43,49). The van der Waals surface area contributed by atoms with Crippen LogP contribution in [0.25, 0.3) is 16.9 Å². The molecular weight excluding hydrogens is 802 g/mol. The van der Waals surface area contributed by atoms with Gasteiger partial charge in [0.25, 0.3) is 5.91 Å². The Kier molecular flexibility index (Phi) is 16.4. The van der Waals surface area contributed by atoms with Crippen LogP contribution in [0.4, 0.5) is 0 Å². The molecule has 0 radical (unpaired) electrons. The Morgan fingerprint density at radius 1 is 0.807 bits per heavy atom. The molecule has 1 atom stereocenters. The van der Waals surface area contributed by atoms with Gasteiger partial charge in [-0.05, 0) is 103 Å². The van der Waals surface area contributed by atoms with Crippen LogP contribution in [0.15, 0.2) is 77.7 Å². The zero-order valence-corrected chi connectivity index (χ0v) is 34.1. The SMILES string of the molecule is CC(C)(C)OC(=O)CCC(C(N)=O)N1Cc2cc(OCCOCCOCCOCCOCCOc3ccc(-n4cc(Br)c(-c5ccncc5)n4)cc3)ccc2C1=O. The van der Waals surface area contributed by atoms with Crippen LogP contribution >= 0.6 is 15.9 Å². The highest BCUT2D eigenvalue weighted by molar-refractivity contribution is 9.10. The van der Waals surface area contributed by atoms with Crippen molar-refractivity contribution in [2.24, 2.45) is 5.73 Å². The fourth-order valence-electron chi connectivity index (χ4n) is 5.84. The van der Waals surface area contributed by atoms with Crippen LogP contribution in [0.2, 0.25) is 0 Å². The lowest BCUT2D eigenvalue weighted by Gasteiger charge is -2.25. The lowest BCUT2D eigenvalue weighted by atomic mass is 10.1. The minimum Gasteiger partial charge on any atom is -0.491 e. The number of nitrogens with zero attached hydrogens (tertiary/aromatic N) is 4. The number of primary amides is 1. The van der Waals surface area contributed by atoms with Crippen LogP contribution < -0.4 is 15.2 Å². The second-order valence-corrected chi connectivity index (χ2v) is 14.8. The summed E-state index contributed by atoms with van der Waals surface area (Å²) in [5.41, 5.74) is 8.90. The van der Waals surface area contributed by atoms with Crippen LogP contribution in [0.5, 0.6) is 11.5 Å². The Balaban J connectivity index is 0.850. The van der Waals surface area contributed by atoms with E-state index in [1.54, 1.807) is 51.4 Å². The molecule has 2 aromatic carbocycles. The zero-order chi connectivity index (χ0) is 40.6. The third kappa shape index (κ3) is 13.6. The van der Waals surface area contributed by atoms with E-state index in [-0.39, 0.29) is 25.3 Å². The van der Waals surface area contributed by atoms with Gasteiger partial charge in [0.1, 0.15) is 42.0 Å². The summed E-state index contributed by atoms with van der Waals surface area (Å²) in [7, 11) is 0. The van der Waals surface area contributed by atoms with Gasteiger partial charge in [0, 0.05) is 42.7 Å². The van der Waals surface area contributed by atoms with E-state index < -0.39 is 23.5 Å². The van der Waals surface area contributed by atoms with E-state index in [1.807, 2.05) is 47.3 Å². The number of aromatic nitrogens is 3. The minimum absolute atomic E-state index is 0.0346. The van der Waals surface area contributed by atoms with Crippen molar-refractivity contribution in [2.75, 3.05) is 66.1 Å². The number of ether oxygens (including phenoxy) is 7. The molecule has 5 rings (SSSR count). The van der Waals surface area contributed by atoms with Gasteiger partial charge in [-0.2, -0.15) is 5.10 Å². The Hall–Kier alpha value is -4.87. The number of carbonyl (C=O) groups excluding carboxylic acids is 3. The number of benzene rings is 2. The number of fused-ring (bicyclic) bond motifs is 1. The summed E-state index contributed by atoms with van der Waals surface area (Å²) >= 11 is 3.59. The van der Waals surface area contributed by atoms with Crippen molar-refractivity contribution >= 4 is 33.7 Å². The minimum atomic E-state index is -0.933. The number of pyridine rings is 1. The number of nitrogens with two attached hydrogens (primary N) is 1. The van der Waals surface area contributed by atoms with Gasteiger partial charge >= 0.3 is 5.97 Å². The Morgan fingerprint density at radius 3 is 1.95 bits per heavy atom. The molecule has 0 aliphatic carbocycles. The molecule has 2 N–H and O–H groups in total. The molecule has 4 aromatic rings. The Labute approximate surface area is 340 Å². The number of hydrogen-bond acceptors (Lipinski definition) is 12. The Morgan fingerprint density at radius 2 is 1.37 bits per heavy atom. The number of rotatable bonds is 24. The number of carbonyl (C=O) groups is 3. The fraction of sp³-hybridized carbons (Fsp3) is 0.439. The monoisotopic (exact) mass is 851 g/mol. The van der Waals surface area contributed by atoms with Crippen molar-refractivity contribution in [1.29, 1.82) is 0 Å². The lowest BCUT2D eigenvalue weighted by Crippen LogP contribution is -2.45. The van der Waals surface area contributed by atoms with Crippen molar-refractivity contribution in [3.8, 4) is 28.4 Å². The molecule has 0 saturated heterocycles. The lowest BCUT2D eigenvalue weighted by molar-refractivity contribution is -0.155. The first-order chi connectivity index (χ1) is 27.5. The molecule has 306 valence electrons. The summed E-state index contributed by atoms with van der Waals surface area (Å²) in [5.74, 6) is -0.130. The second kappa shape index (κ2) is 21.6. The molecule has 15 nitrogen and oxygen atoms in total. The molecule has 0 saturated carbocycles. The average molecular weight is 853 g/mol. The number of amides is 2. The first-order valence-electron chi connectivity index (χ1n) is 18.8. The highest BCUT2D eigenvalue weighted by Gasteiger charge is 2.36. The van der Waals surface area contributed by atoms with Gasteiger partial charge in [-0.1, -0.05) is 0 Å². The first-order valence-corrected chi connectivity index (χ1v) is 19.6. The summed E-state index contributed by atoms with van der Waals surface area (Å²) in [5, 5.41) is 4.69. The molecule has 1 aliphatic heterocycles. The van der Waals surface area contributed by atoms with Gasteiger partial charge in [-0.3, -0.25) is 19.4 Å². The molecular formula is C41H50BrN5O10. The van der Waals surface area contributed by atoms with E-state index in [2.05, 4.69) is 26.0 Å². The maximum absolute atomic E-state index is 13.1. The quantitative estimate of drug-likeness (QED) is 0.0726. The summed E-state index contributed by atoms with van der Waals surface area (Å²) in [6.45, 7) is 9.55. The van der Waals surface area contributed by atoms with Gasteiger partial charge in [0.15, 0.2) is 0 Å². The topological polar surface area (TPSA) is 176 Å². The van der Waals surface area contributed by atoms with E-state index in [1.165, 1.54) is 4.90 Å². The molecule has 0 spiro atoms.